The summed E-state index contributed by atoms with van der Waals surface area (Å²) in [4.78, 5) is 23.9. The number of benzene rings is 2. The van der Waals surface area contributed by atoms with Crippen LogP contribution in [-0.2, 0) is 16.0 Å². The van der Waals surface area contributed by atoms with E-state index in [9.17, 15) is 14.0 Å². The van der Waals surface area contributed by atoms with Gasteiger partial charge in [-0.05, 0) is 41.6 Å². The fourth-order valence-electron chi connectivity index (χ4n) is 1.92. The Morgan fingerprint density at radius 3 is 2.40 bits per heavy atom. The zero-order valence-corrected chi connectivity index (χ0v) is 14.0. The lowest BCUT2D eigenvalue weighted by atomic mass is 10.1. The number of hydrogen-bond acceptors (Lipinski definition) is 4. The summed E-state index contributed by atoms with van der Waals surface area (Å²) < 4.78 is 12.8. The number of halogens is 1. The molecule has 0 bridgehead atoms. The Morgan fingerprint density at radius 1 is 1.12 bits per heavy atom. The molecule has 0 spiro atoms. The quantitative estimate of drug-likeness (QED) is 0.289. The number of carbonyl (C=O) groups is 2. The maximum Gasteiger partial charge on any atom is 0.250 e. The highest BCUT2D eigenvalue weighted by Gasteiger charge is 2.16. The molecule has 25 heavy (non-hydrogen) atoms. The Labute approximate surface area is 149 Å². The van der Waals surface area contributed by atoms with Crippen LogP contribution in [0.2, 0.25) is 0 Å². The summed E-state index contributed by atoms with van der Waals surface area (Å²) in [5.74, 6) is 4.29. The average molecular weight is 357 g/mol. The molecule has 2 rings (SSSR count). The van der Waals surface area contributed by atoms with Gasteiger partial charge in [-0.1, -0.05) is 42.5 Å². The summed E-state index contributed by atoms with van der Waals surface area (Å²) in [6.45, 7) is 0. The lowest BCUT2D eigenvalue weighted by Gasteiger charge is -2.17. The molecule has 128 valence electrons. The van der Waals surface area contributed by atoms with Gasteiger partial charge in [0.05, 0.1) is 6.42 Å². The van der Waals surface area contributed by atoms with Gasteiger partial charge in [0, 0.05) is 6.08 Å². The number of nitrogens with one attached hydrogen (secondary N) is 1. The SMILES string of the molecule is NN(C(=O)Cc1ccccc1)C(=S)NC(=O)C=Cc1ccc(F)cc1. The average Bonchev–Trinajstić information content (AvgIpc) is 2.61. The molecule has 2 amide bonds. The highest BCUT2D eigenvalue weighted by molar-refractivity contribution is 7.80. The van der Waals surface area contributed by atoms with E-state index in [1.807, 2.05) is 18.2 Å². The lowest BCUT2D eigenvalue weighted by molar-refractivity contribution is -0.126. The van der Waals surface area contributed by atoms with Crippen molar-refractivity contribution in [1.29, 1.82) is 0 Å². The molecule has 2 aromatic carbocycles. The van der Waals surface area contributed by atoms with Gasteiger partial charge in [-0.25, -0.2) is 15.2 Å². The largest absolute Gasteiger partial charge is 0.298 e. The zero-order chi connectivity index (χ0) is 18.2. The maximum absolute atomic E-state index is 12.8. The van der Waals surface area contributed by atoms with Gasteiger partial charge >= 0.3 is 0 Å². The van der Waals surface area contributed by atoms with Crippen LogP contribution in [0.5, 0.6) is 0 Å². The highest BCUT2D eigenvalue weighted by Crippen LogP contribution is 2.04. The number of nitrogens with zero attached hydrogens (tertiary/aromatic N) is 1. The van der Waals surface area contributed by atoms with Crippen molar-refractivity contribution in [3.63, 3.8) is 0 Å². The van der Waals surface area contributed by atoms with Crippen LogP contribution in [0.1, 0.15) is 11.1 Å². The third kappa shape index (κ3) is 5.91. The molecule has 0 saturated carbocycles. The molecule has 0 atom stereocenters. The van der Waals surface area contributed by atoms with E-state index >= 15 is 0 Å². The van der Waals surface area contributed by atoms with Crippen LogP contribution in [0.15, 0.2) is 60.7 Å². The molecule has 5 nitrogen and oxygen atoms in total. The van der Waals surface area contributed by atoms with E-state index in [0.717, 1.165) is 10.6 Å². The minimum Gasteiger partial charge on any atom is -0.298 e. The van der Waals surface area contributed by atoms with Gasteiger partial charge in [0.2, 0.25) is 11.8 Å². The van der Waals surface area contributed by atoms with Crippen molar-refractivity contribution >= 4 is 35.2 Å². The Balaban J connectivity index is 1.88. The van der Waals surface area contributed by atoms with Crippen molar-refractivity contribution in [3.8, 4) is 0 Å². The summed E-state index contributed by atoms with van der Waals surface area (Å²) in [7, 11) is 0. The van der Waals surface area contributed by atoms with Gasteiger partial charge in [-0.15, -0.1) is 0 Å². The first-order valence-electron chi connectivity index (χ1n) is 7.36. The van der Waals surface area contributed by atoms with Crippen LogP contribution in [0, 0.1) is 5.82 Å². The number of amides is 2. The molecule has 0 unspecified atom stereocenters. The second kappa shape index (κ2) is 8.81. The summed E-state index contributed by atoms with van der Waals surface area (Å²) in [6, 6.07) is 14.7. The summed E-state index contributed by atoms with van der Waals surface area (Å²) in [5, 5.41) is 2.87. The first-order chi connectivity index (χ1) is 12.0. The van der Waals surface area contributed by atoms with Gasteiger partial charge in [0.15, 0.2) is 5.11 Å². The lowest BCUT2D eigenvalue weighted by Crippen LogP contribution is -2.50. The molecule has 0 heterocycles. The molecule has 0 fully saturated rings. The number of hydrogen-bond donors (Lipinski definition) is 2. The summed E-state index contributed by atoms with van der Waals surface area (Å²) in [5.41, 5.74) is 1.43. The van der Waals surface area contributed by atoms with Crippen LogP contribution in [0.25, 0.3) is 6.08 Å². The van der Waals surface area contributed by atoms with Gasteiger partial charge in [-0.3, -0.25) is 14.9 Å². The zero-order valence-electron chi connectivity index (χ0n) is 13.2. The summed E-state index contributed by atoms with van der Waals surface area (Å²) >= 11 is 4.96. The van der Waals surface area contributed by atoms with E-state index < -0.39 is 11.8 Å². The van der Waals surface area contributed by atoms with E-state index in [-0.39, 0.29) is 17.4 Å². The van der Waals surface area contributed by atoms with E-state index in [1.54, 1.807) is 12.1 Å². The number of thiocarbonyl (C=S) groups is 1. The molecule has 0 aromatic heterocycles. The molecule has 0 aliphatic carbocycles. The van der Waals surface area contributed by atoms with E-state index in [2.05, 4.69) is 5.32 Å². The molecule has 0 aliphatic rings. The third-order valence-electron chi connectivity index (χ3n) is 3.21. The number of hydrazine groups is 1. The predicted molar refractivity (Wildman–Crippen MR) is 97.4 cm³/mol. The van der Waals surface area contributed by atoms with E-state index in [0.29, 0.717) is 5.56 Å². The van der Waals surface area contributed by atoms with Crippen LogP contribution >= 0.6 is 12.2 Å². The Morgan fingerprint density at radius 2 is 1.76 bits per heavy atom. The number of carbonyl (C=O) groups excluding carboxylic acids is 2. The van der Waals surface area contributed by atoms with Crippen molar-refractivity contribution in [3.05, 3.63) is 77.6 Å². The van der Waals surface area contributed by atoms with Crippen molar-refractivity contribution < 1.29 is 14.0 Å². The fraction of sp³-hybridized carbons (Fsp3) is 0.0556. The van der Waals surface area contributed by atoms with Crippen LogP contribution in [-0.4, -0.2) is 21.9 Å². The smallest absolute Gasteiger partial charge is 0.250 e. The molecule has 2 aromatic rings. The van der Waals surface area contributed by atoms with Crippen LogP contribution in [0.3, 0.4) is 0 Å². The van der Waals surface area contributed by atoms with Gasteiger partial charge in [0.25, 0.3) is 0 Å². The Hall–Kier alpha value is -2.90. The van der Waals surface area contributed by atoms with Crippen molar-refractivity contribution in [2.24, 2.45) is 5.84 Å². The number of rotatable bonds is 4. The molecule has 0 aliphatic heterocycles. The second-order valence-electron chi connectivity index (χ2n) is 5.11. The predicted octanol–water partition coefficient (Wildman–Crippen LogP) is 2.18. The molecule has 0 radical (unpaired) electrons. The van der Waals surface area contributed by atoms with Crippen molar-refractivity contribution in [1.82, 2.24) is 10.3 Å². The van der Waals surface area contributed by atoms with Crippen molar-refractivity contribution in [2.75, 3.05) is 0 Å². The van der Waals surface area contributed by atoms with Crippen molar-refractivity contribution in [2.45, 2.75) is 6.42 Å². The Bertz CT molecular complexity index is 792. The molecule has 7 heteroatoms. The molecule has 3 N–H and O–H groups in total. The minimum absolute atomic E-state index is 0.0682. The maximum atomic E-state index is 12.8. The van der Waals surface area contributed by atoms with E-state index in [1.165, 1.54) is 36.4 Å². The van der Waals surface area contributed by atoms with Gasteiger partial charge < -0.3 is 0 Å². The highest BCUT2D eigenvalue weighted by atomic mass is 32.1. The molecular formula is C18H16FN3O2S. The molecular weight excluding hydrogens is 341 g/mol. The van der Waals surface area contributed by atoms with Crippen LogP contribution < -0.4 is 11.2 Å². The monoisotopic (exact) mass is 357 g/mol. The van der Waals surface area contributed by atoms with Gasteiger partial charge in [0.1, 0.15) is 5.82 Å². The molecule has 0 saturated heterocycles. The van der Waals surface area contributed by atoms with E-state index in [4.69, 9.17) is 18.1 Å². The van der Waals surface area contributed by atoms with Gasteiger partial charge in [-0.2, -0.15) is 0 Å². The fourth-order valence-corrected chi connectivity index (χ4v) is 2.12. The number of nitrogens with two attached hydrogens (primary N) is 1. The summed E-state index contributed by atoms with van der Waals surface area (Å²) in [6.07, 6.45) is 2.78. The minimum atomic E-state index is -0.544. The Kier molecular flexibility index (Phi) is 6.50. The van der Waals surface area contributed by atoms with Crippen LogP contribution in [0.4, 0.5) is 4.39 Å². The topological polar surface area (TPSA) is 75.4 Å². The standard InChI is InChI=1S/C18H16FN3O2S/c19-15-9-6-13(7-10-15)8-11-16(23)21-18(25)22(20)17(24)12-14-4-2-1-3-5-14/h1-11H,12,20H2,(H,21,23,25). The third-order valence-corrected chi connectivity index (χ3v) is 3.51. The second-order valence-corrected chi connectivity index (χ2v) is 5.49. The normalized spacial score (nSPS) is 10.5. The first-order valence-corrected chi connectivity index (χ1v) is 7.76. The first kappa shape index (κ1) is 18.4.